The first-order chi connectivity index (χ1) is 11.6. The lowest BCUT2D eigenvalue weighted by atomic mass is 10.0. The number of nitrogens with one attached hydrogen (secondary N) is 2. The van der Waals surface area contributed by atoms with Crippen LogP contribution in [-0.4, -0.2) is 18.1 Å². The number of ether oxygens (including phenoxy) is 1. The van der Waals surface area contributed by atoms with E-state index >= 15 is 0 Å². The standard InChI is InChI=1S/C17H13N3O4/c1-23-16(21)15(11-4-2-3-10(7-11)9-18)19-12-5-6-14-13(8-12)20-17(22)24-14/h2-8,15,19H,1H3,(H,20,22)/t15-/m1/s1. The third kappa shape index (κ3) is 2.98. The van der Waals surface area contributed by atoms with Crippen LogP contribution in [0.1, 0.15) is 17.2 Å². The minimum absolute atomic E-state index is 0.423. The average Bonchev–Trinajstić information content (AvgIpc) is 2.98. The number of aromatic amines is 1. The SMILES string of the molecule is COC(=O)[C@H](Nc1ccc2oc(=O)[nH]c2c1)c1cccc(C#N)c1. The average molecular weight is 323 g/mol. The highest BCUT2D eigenvalue weighted by Crippen LogP contribution is 2.24. The molecule has 7 nitrogen and oxygen atoms in total. The van der Waals surface area contributed by atoms with Gasteiger partial charge in [-0.15, -0.1) is 0 Å². The minimum atomic E-state index is -0.792. The lowest BCUT2D eigenvalue weighted by molar-refractivity contribution is -0.141. The number of aromatic nitrogens is 1. The maximum absolute atomic E-state index is 12.1. The molecule has 0 spiro atoms. The molecular formula is C17H13N3O4. The van der Waals surface area contributed by atoms with Crippen LogP contribution < -0.4 is 11.1 Å². The van der Waals surface area contributed by atoms with Crippen molar-refractivity contribution in [2.45, 2.75) is 6.04 Å². The van der Waals surface area contributed by atoms with Crippen LogP contribution in [0.25, 0.3) is 11.1 Å². The summed E-state index contributed by atoms with van der Waals surface area (Å²) < 4.78 is 9.79. The summed E-state index contributed by atoms with van der Waals surface area (Å²) in [7, 11) is 1.29. The zero-order valence-corrected chi connectivity index (χ0v) is 12.7. The highest BCUT2D eigenvalue weighted by Gasteiger charge is 2.22. The largest absolute Gasteiger partial charge is 0.467 e. The lowest BCUT2D eigenvalue weighted by Crippen LogP contribution is -2.22. The van der Waals surface area contributed by atoms with E-state index in [4.69, 9.17) is 14.4 Å². The van der Waals surface area contributed by atoms with Crippen LogP contribution in [0.2, 0.25) is 0 Å². The number of carbonyl (C=O) groups excluding carboxylic acids is 1. The second-order valence-corrected chi connectivity index (χ2v) is 5.06. The van der Waals surface area contributed by atoms with E-state index < -0.39 is 17.8 Å². The van der Waals surface area contributed by atoms with E-state index in [2.05, 4.69) is 10.3 Å². The zero-order valence-electron chi connectivity index (χ0n) is 12.7. The van der Waals surface area contributed by atoms with Crippen molar-refractivity contribution >= 4 is 22.8 Å². The highest BCUT2D eigenvalue weighted by atomic mass is 16.5. The van der Waals surface area contributed by atoms with Gasteiger partial charge in [-0.05, 0) is 35.9 Å². The van der Waals surface area contributed by atoms with Crippen molar-refractivity contribution in [2.24, 2.45) is 0 Å². The number of esters is 1. The molecule has 1 atom stereocenters. The van der Waals surface area contributed by atoms with Crippen molar-refractivity contribution < 1.29 is 13.9 Å². The van der Waals surface area contributed by atoms with Crippen LogP contribution in [0, 0.1) is 11.3 Å². The molecule has 0 aliphatic carbocycles. The van der Waals surface area contributed by atoms with Crippen LogP contribution in [0.4, 0.5) is 5.69 Å². The van der Waals surface area contributed by atoms with Crippen molar-refractivity contribution in [3.63, 3.8) is 0 Å². The van der Waals surface area contributed by atoms with Crippen molar-refractivity contribution in [2.75, 3.05) is 12.4 Å². The number of rotatable bonds is 4. The van der Waals surface area contributed by atoms with E-state index in [1.807, 2.05) is 6.07 Å². The third-order valence-electron chi connectivity index (χ3n) is 3.52. The van der Waals surface area contributed by atoms with Gasteiger partial charge in [-0.1, -0.05) is 12.1 Å². The fraction of sp³-hybridized carbons (Fsp3) is 0.118. The number of hydrogen-bond acceptors (Lipinski definition) is 6. The summed E-state index contributed by atoms with van der Waals surface area (Å²) in [5.74, 6) is -1.04. The molecule has 3 aromatic rings. The summed E-state index contributed by atoms with van der Waals surface area (Å²) in [6.45, 7) is 0. The van der Waals surface area contributed by atoms with Gasteiger partial charge in [0, 0.05) is 5.69 Å². The molecule has 0 aliphatic heterocycles. The maximum Gasteiger partial charge on any atom is 0.417 e. The van der Waals surface area contributed by atoms with E-state index in [1.165, 1.54) is 7.11 Å². The van der Waals surface area contributed by atoms with E-state index in [-0.39, 0.29) is 0 Å². The Morgan fingerprint density at radius 3 is 2.92 bits per heavy atom. The molecule has 0 unspecified atom stereocenters. The first kappa shape index (κ1) is 15.4. The molecule has 7 heteroatoms. The highest BCUT2D eigenvalue weighted by molar-refractivity contribution is 5.83. The van der Waals surface area contributed by atoms with E-state index in [0.717, 1.165) is 0 Å². The van der Waals surface area contributed by atoms with Crippen molar-refractivity contribution in [3.8, 4) is 6.07 Å². The van der Waals surface area contributed by atoms with E-state index in [9.17, 15) is 9.59 Å². The molecule has 1 heterocycles. The molecule has 120 valence electrons. The zero-order chi connectivity index (χ0) is 17.1. The number of benzene rings is 2. The van der Waals surface area contributed by atoms with Gasteiger partial charge in [0.05, 0.1) is 24.3 Å². The summed E-state index contributed by atoms with van der Waals surface area (Å²) in [6, 6.07) is 12.9. The van der Waals surface area contributed by atoms with Crippen LogP contribution in [0.5, 0.6) is 0 Å². The summed E-state index contributed by atoms with van der Waals surface area (Å²) in [5.41, 5.74) is 2.57. The number of hydrogen-bond donors (Lipinski definition) is 2. The molecule has 3 rings (SSSR count). The fourth-order valence-corrected chi connectivity index (χ4v) is 2.39. The maximum atomic E-state index is 12.1. The Kier molecular flexibility index (Phi) is 4.03. The van der Waals surface area contributed by atoms with Crippen LogP contribution >= 0.6 is 0 Å². The summed E-state index contributed by atoms with van der Waals surface area (Å²) >= 11 is 0. The second kappa shape index (κ2) is 6.30. The number of nitriles is 1. The number of H-pyrrole nitrogens is 1. The van der Waals surface area contributed by atoms with Crippen LogP contribution in [-0.2, 0) is 9.53 Å². The molecule has 0 saturated heterocycles. The summed E-state index contributed by atoms with van der Waals surface area (Å²) in [5, 5.41) is 12.1. The monoisotopic (exact) mass is 323 g/mol. The number of oxazole rings is 1. The van der Waals surface area contributed by atoms with Gasteiger partial charge in [-0.2, -0.15) is 5.26 Å². The van der Waals surface area contributed by atoms with Gasteiger partial charge in [0.25, 0.3) is 0 Å². The van der Waals surface area contributed by atoms with E-state index in [1.54, 1.807) is 42.5 Å². The molecule has 0 amide bonds. The Balaban J connectivity index is 1.97. The first-order valence-electron chi connectivity index (χ1n) is 7.08. The molecular weight excluding hydrogens is 310 g/mol. The number of nitrogens with zero attached hydrogens (tertiary/aromatic N) is 1. The molecule has 24 heavy (non-hydrogen) atoms. The summed E-state index contributed by atoms with van der Waals surface area (Å²) in [4.78, 5) is 25.9. The second-order valence-electron chi connectivity index (χ2n) is 5.06. The quantitative estimate of drug-likeness (QED) is 0.713. The molecule has 2 N–H and O–H groups in total. The Labute approximate surface area is 136 Å². The molecule has 0 saturated carbocycles. The van der Waals surface area contributed by atoms with E-state index in [0.29, 0.717) is 27.9 Å². The Morgan fingerprint density at radius 2 is 2.17 bits per heavy atom. The first-order valence-corrected chi connectivity index (χ1v) is 7.08. The van der Waals surface area contributed by atoms with Crippen LogP contribution in [0.3, 0.4) is 0 Å². The molecule has 0 radical (unpaired) electrons. The minimum Gasteiger partial charge on any atom is -0.467 e. The smallest absolute Gasteiger partial charge is 0.417 e. The molecule has 0 bridgehead atoms. The number of carbonyl (C=O) groups is 1. The predicted octanol–water partition coefficient (Wildman–Crippen LogP) is 2.32. The van der Waals surface area contributed by atoms with Crippen molar-refractivity contribution in [1.29, 1.82) is 5.26 Å². The fourth-order valence-electron chi connectivity index (χ4n) is 2.39. The number of fused-ring (bicyclic) bond motifs is 1. The Hall–Kier alpha value is -3.53. The number of methoxy groups -OCH3 is 1. The van der Waals surface area contributed by atoms with Gasteiger partial charge in [0.15, 0.2) is 11.6 Å². The lowest BCUT2D eigenvalue weighted by Gasteiger charge is -2.18. The van der Waals surface area contributed by atoms with Gasteiger partial charge in [0.1, 0.15) is 0 Å². The summed E-state index contributed by atoms with van der Waals surface area (Å²) in [6.07, 6.45) is 0. The van der Waals surface area contributed by atoms with Gasteiger partial charge in [0.2, 0.25) is 0 Å². The topological polar surface area (TPSA) is 108 Å². The molecule has 0 fully saturated rings. The Morgan fingerprint density at radius 1 is 1.33 bits per heavy atom. The molecule has 2 aromatic carbocycles. The van der Waals surface area contributed by atoms with Crippen molar-refractivity contribution in [1.82, 2.24) is 4.98 Å². The van der Waals surface area contributed by atoms with Crippen molar-refractivity contribution in [3.05, 3.63) is 64.1 Å². The molecule has 1 aromatic heterocycles. The molecule has 0 aliphatic rings. The normalized spacial score (nSPS) is 11.7. The third-order valence-corrected chi connectivity index (χ3v) is 3.52. The van der Waals surface area contributed by atoms with Gasteiger partial charge < -0.3 is 14.5 Å². The number of anilines is 1. The predicted molar refractivity (Wildman–Crippen MR) is 86.4 cm³/mol. The van der Waals surface area contributed by atoms with Gasteiger partial charge in [-0.25, -0.2) is 9.59 Å². The van der Waals surface area contributed by atoms with Gasteiger partial charge >= 0.3 is 11.7 Å². The Bertz CT molecular complexity index is 997. The van der Waals surface area contributed by atoms with Gasteiger partial charge in [-0.3, -0.25) is 4.98 Å². The van der Waals surface area contributed by atoms with Crippen LogP contribution in [0.15, 0.2) is 51.7 Å².